The van der Waals surface area contributed by atoms with Crippen molar-refractivity contribution < 1.29 is 72.2 Å². The zero-order valence-electron chi connectivity index (χ0n) is 8.98. The van der Waals surface area contributed by atoms with Crippen molar-refractivity contribution in [2.75, 3.05) is 0 Å². The minimum atomic E-state index is -0.842. The summed E-state index contributed by atoms with van der Waals surface area (Å²) in [7, 11) is 0. The predicted molar refractivity (Wildman–Crippen MR) is 45.3 cm³/mol. The van der Waals surface area contributed by atoms with Crippen LogP contribution < -0.4 is 51.4 Å². The van der Waals surface area contributed by atoms with Crippen LogP contribution in [0.5, 0.6) is 5.75 Å². The normalized spacial score (nSPS) is 8.64. The number of phenols is 1. The number of hydrogen-bond acceptors (Lipinski definition) is 4. The van der Waals surface area contributed by atoms with E-state index in [0.29, 0.717) is 0 Å². The van der Waals surface area contributed by atoms with Gasteiger partial charge in [-0.3, -0.25) is 4.79 Å². The summed E-state index contributed by atoms with van der Waals surface area (Å²) >= 11 is 0. The van der Waals surface area contributed by atoms with Gasteiger partial charge in [-0.2, -0.15) is 0 Å². The van der Waals surface area contributed by atoms with Gasteiger partial charge in [0.1, 0.15) is 11.3 Å². The minimum Gasteiger partial charge on any atom is -1.00 e. The molecule has 0 aromatic heterocycles. The maximum Gasteiger partial charge on any atom is 1.00 e. The van der Waals surface area contributed by atoms with E-state index in [1.165, 1.54) is 12.1 Å². The van der Waals surface area contributed by atoms with Gasteiger partial charge in [0.15, 0.2) is 0 Å². The third-order valence-electron chi connectivity index (χ3n) is 1.36. The van der Waals surface area contributed by atoms with Gasteiger partial charge >= 0.3 is 63.3 Å². The molecular weight excluding hydrogens is 211 g/mol. The number of ether oxygens (including phenoxy) is 1. The van der Waals surface area contributed by atoms with Crippen LogP contribution in [0, 0.1) is 0 Å². The van der Waals surface area contributed by atoms with Crippen LogP contribution in [0.4, 0.5) is 0 Å². The molecule has 14 heavy (non-hydrogen) atoms. The van der Waals surface area contributed by atoms with Crippen LogP contribution >= 0.6 is 0 Å². The van der Waals surface area contributed by atoms with Crippen LogP contribution in [0.15, 0.2) is 24.3 Å². The Morgan fingerprint density at radius 2 is 1.93 bits per heavy atom. The van der Waals surface area contributed by atoms with E-state index in [9.17, 15) is 14.7 Å². The van der Waals surface area contributed by atoms with Gasteiger partial charge in [-0.25, -0.2) is 4.79 Å². The number of carbonyl (C=O) groups is 2. The van der Waals surface area contributed by atoms with Gasteiger partial charge in [0.25, 0.3) is 0 Å². The molecule has 0 bridgehead atoms. The molecular formula is C9H9KO4. The Kier molecular flexibility index (Phi) is 6.22. The van der Waals surface area contributed by atoms with Gasteiger partial charge in [0.2, 0.25) is 0 Å². The van der Waals surface area contributed by atoms with E-state index in [0.717, 1.165) is 6.92 Å². The van der Waals surface area contributed by atoms with Crippen LogP contribution in [0.3, 0.4) is 0 Å². The van der Waals surface area contributed by atoms with Gasteiger partial charge in [0.05, 0.1) is 0 Å². The molecule has 0 saturated heterocycles. The second-order valence-electron chi connectivity index (χ2n) is 2.40. The van der Waals surface area contributed by atoms with Crippen LogP contribution in [0.1, 0.15) is 18.7 Å². The molecule has 1 N–H and O–H groups in total. The van der Waals surface area contributed by atoms with E-state index < -0.39 is 11.9 Å². The summed E-state index contributed by atoms with van der Waals surface area (Å²) in [5.74, 6) is -1.74. The van der Waals surface area contributed by atoms with Crippen LogP contribution in [0.25, 0.3) is 0 Å². The minimum absolute atomic E-state index is 0. The summed E-state index contributed by atoms with van der Waals surface area (Å²) < 4.78 is 4.28. The van der Waals surface area contributed by atoms with Crippen LogP contribution in [-0.2, 0) is 9.53 Å². The molecule has 0 amide bonds. The van der Waals surface area contributed by atoms with Crippen molar-refractivity contribution in [1.29, 1.82) is 0 Å². The van der Waals surface area contributed by atoms with Crippen molar-refractivity contribution in [3.8, 4) is 5.75 Å². The van der Waals surface area contributed by atoms with Gasteiger partial charge in [-0.05, 0) is 12.1 Å². The number of carbonyl (C=O) groups excluding carboxylic acids is 2. The Hall–Kier alpha value is -0.204. The van der Waals surface area contributed by atoms with Crippen molar-refractivity contribution in [3.63, 3.8) is 0 Å². The zero-order valence-corrected chi connectivity index (χ0v) is 11.1. The first kappa shape index (κ1) is 13.8. The molecule has 0 spiro atoms. The molecule has 0 aliphatic carbocycles. The Bertz CT molecular complexity index is 354. The molecule has 0 fully saturated rings. The van der Waals surface area contributed by atoms with Crippen LogP contribution in [0.2, 0.25) is 0 Å². The summed E-state index contributed by atoms with van der Waals surface area (Å²) in [5, 5.41) is 9.18. The van der Waals surface area contributed by atoms with E-state index in [1.807, 2.05) is 0 Å². The van der Waals surface area contributed by atoms with Gasteiger partial charge in [-0.1, -0.05) is 12.1 Å². The number of rotatable bonds is 1. The fourth-order valence-electron chi connectivity index (χ4n) is 0.832. The number of esters is 2. The van der Waals surface area contributed by atoms with E-state index >= 15 is 0 Å². The van der Waals surface area contributed by atoms with E-state index in [1.54, 1.807) is 12.1 Å². The van der Waals surface area contributed by atoms with E-state index in [2.05, 4.69) is 4.74 Å². The van der Waals surface area contributed by atoms with Gasteiger partial charge < -0.3 is 11.3 Å². The van der Waals surface area contributed by atoms with Crippen molar-refractivity contribution in [1.82, 2.24) is 0 Å². The fourth-order valence-corrected chi connectivity index (χ4v) is 0.832. The molecule has 70 valence electrons. The Morgan fingerprint density at radius 1 is 1.36 bits per heavy atom. The molecule has 1 rings (SSSR count). The smallest absolute Gasteiger partial charge is 1.00 e. The second-order valence-corrected chi connectivity index (χ2v) is 2.40. The van der Waals surface area contributed by atoms with Crippen LogP contribution in [-0.4, -0.2) is 17.0 Å². The summed E-state index contributed by atoms with van der Waals surface area (Å²) in [5.41, 5.74) is -0.0160. The fraction of sp³-hybridized carbons (Fsp3) is 0.111. The Morgan fingerprint density at radius 3 is 2.43 bits per heavy atom. The summed E-state index contributed by atoms with van der Waals surface area (Å²) in [6, 6.07) is 5.85. The molecule has 0 unspecified atom stereocenters. The third kappa shape index (κ3) is 3.89. The van der Waals surface area contributed by atoms with Crippen molar-refractivity contribution in [2.24, 2.45) is 0 Å². The number of para-hydroxylation sites is 1. The number of aromatic hydroxyl groups is 1. The maximum atomic E-state index is 11.1. The SMILES string of the molecule is CC(=O)OC(=O)c1ccccc1O.[H-].[K+]. The van der Waals surface area contributed by atoms with Crippen molar-refractivity contribution in [3.05, 3.63) is 29.8 Å². The summed E-state index contributed by atoms with van der Waals surface area (Å²) in [6.45, 7) is 1.12. The number of benzene rings is 1. The molecule has 0 heterocycles. The Balaban J connectivity index is 0. The molecule has 0 radical (unpaired) electrons. The molecule has 0 aliphatic heterocycles. The second kappa shape index (κ2) is 6.31. The molecule has 1 aromatic rings. The van der Waals surface area contributed by atoms with E-state index in [-0.39, 0.29) is 64.1 Å². The summed E-state index contributed by atoms with van der Waals surface area (Å²) in [4.78, 5) is 21.5. The first-order valence-electron chi connectivity index (χ1n) is 3.62. The largest absolute Gasteiger partial charge is 1.00 e. The first-order valence-corrected chi connectivity index (χ1v) is 3.62. The zero-order chi connectivity index (χ0) is 9.84. The number of hydrogen-bond donors (Lipinski definition) is 1. The topological polar surface area (TPSA) is 63.6 Å². The summed E-state index contributed by atoms with van der Waals surface area (Å²) in [6.07, 6.45) is 0. The van der Waals surface area contributed by atoms with Gasteiger partial charge in [-0.15, -0.1) is 0 Å². The quantitative estimate of drug-likeness (QED) is 0.345. The van der Waals surface area contributed by atoms with Gasteiger partial charge in [0, 0.05) is 6.92 Å². The molecule has 5 heteroatoms. The van der Waals surface area contributed by atoms with E-state index in [4.69, 9.17) is 0 Å². The standard InChI is InChI=1S/C9H8O4.K.H/c1-6(10)13-9(12)7-4-2-3-5-8(7)11;;/h2-5,11H,1H3;;/q;+1;-1. The molecule has 0 saturated carbocycles. The molecule has 0 aliphatic rings. The number of phenolic OH excluding ortho intramolecular Hbond substituents is 1. The average molecular weight is 220 g/mol. The Labute approximate surface area is 125 Å². The molecule has 4 nitrogen and oxygen atoms in total. The monoisotopic (exact) mass is 220 g/mol. The maximum absolute atomic E-state index is 11.1. The third-order valence-corrected chi connectivity index (χ3v) is 1.36. The molecule has 1 aromatic carbocycles. The first-order chi connectivity index (χ1) is 6.11. The molecule has 0 atom stereocenters. The van der Waals surface area contributed by atoms with Crippen molar-refractivity contribution >= 4 is 11.9 Å². The average Bonchev–Trinajstić information content (AvgIpc) is 2.03. The van der Waals surface area contributed by atoms with Crippen molar-refractivity contribution in [2.45, 2.75) is 6.92 Å². The predicted octanol–water partition coefficient (Wildman–Crippen LogP) is -1.79.